The Labute approximate surface area is 212 Å². The average molecular weight is 474 g/mol. The SMILES string of the molecule is CCc1cccc(-c2nc(-c3ccccc3)n(CC)c2C(=O)NC(C)c2cccc3ccccc23)c1. The van der Waals surface area contributed by atoms with Gasteiger partial charge in [0, 0.05) is 17.7 Å². The molecule has 1 heterocycles. The number of fused-ring (bicyclic) bond motifs is 1. The summed E-state index contributed by atoms with van der Waals surface area (Å²) in [6, 6.07) is 32.8. The molecule has 0 aliphatic carbocycles. The molecule has 4 nitrogen and oxygen atoms in total. The molecule has 5 rings (SSSR count). The molecule has 0 spiro atoms. The fraction of sp³-hybridized carbons (Fsp3) is 0.188. The molecule has 4 aromatic carbocycles. The highest BCUT2D eigenvalue weighted by Crippen LogP contribution is 2.31. The Hall–Kier alpha value is -4.18. The van der Waals surface area contributed by atoms with Crippen LogP contribution in [0.2, 0.25) is 0 Å². The van der Waals surface area contributed by atoms with E-state index in [9.17, 15) is 4.79 Å². The zero-order valence-electron chi connectivity index (χ0n) is 21.0. The number of imidazole rings is 1. The number of hydrogen-bond acceptors (Lipinski definition) is 2. The Morgan fingerprint density at radius 2 is 1.56 bits per heavy atom. The number of hydrogen-bond donors (Lipinski definition) is 1. The molecule has 0 saturated heterocycles. The Balaban J connectivity index is 1.61. The number of carbonyl (C=O) groups is 1. The summed E-state index contributed by atoms with van der Waals surface area (Å²) in [5.74, 6) is 0.682. The zero-order chi connectivity index (χ0) is 25.1. The molecule has 5 aromatic rings. The van der Waals surface area contributed by atoms with Crippen LogP contribution < -0.4 is 5.32 Å². The molecular weight excluding hydrogens is 442 g/mol. The van der Waals surface area contributed by atoms with Gasteiger partial charge < -0.3 is 9.88 Å². The van der Waals surface area contributed by atoms with Crippen LogP contribution in [-0.2, 0) is 13.0 Å². The second kappa shape index (κ2) is 10.2. The number of rotatable bonds is 7. The van der Waals surface area contributed by atoms with E-state index in [-0.39, 0.29) is 11.9 Å². The number of carbonyl (C=O) groups excluding carboxylic acids is 1. The number of amides is 1. The van der Waals surface area contributed by atoms with E-state index in [0.717, 1.165) is 39.7 Å². The molecule has 0 bridgehead atoms. The van der Waals surface area contributed by atoms with Gasteiger partial charge in [0.05, 0.1) is 6.04 Å². The summed E-state index contributed by atoms with van der Waals surface area (Å²) >= 11 is 0. The van der Waals surface area contributed by atoms with E-state index < -0.39 is 0 Å². The van der Waals surface area contributed by atoms with E-state index in [4.69, 9.17) is 4.98 Å². The number of benzene rings is 4. The van der Waals surface area contributed by atoms with Crippen LogP contribution in [0.3, 0.4) is 0 Å². The first-order valence-corrected chi connectivity index (χ1v) is 12.6. The molecule has 36 heavy (non-hydrogen) atoms. The fourth-order valence-electron chi connectivity index (χ4n) is 4.91. The van der Waals surface area contributed by atoms with Crippen LogP contribution in [0, 0.1) is 0 Å². The maximum Gasteiger partial charge on any atom is 0.270 e. The minimum atomic E-state index is -0.168. The number of nitrogens with zero attached hydrogens (tertiary/aromatic N) is 2. The van der Waals surface area contributed by atoms with Gasteiger partial charge in [-0.05, 0) is 48.2 Å². The van der Waals surface area contributed by atoms with E-state index >= 15 is 0 Å². The number of aryl methyl sites for hydroxylation is 1. The Morgan fingerprint density at radius 1 is 0.861 bits per heavy atom. The van der Waals surface area contributed by atoms with Gasteiger partial charge in [-0.25, -0.2) is 4.98 Å². The summed E-state index contributed by atoms with van der Waals surface area (Å²) in [6.45, 7) is 6.88. The first kappa shape index (κ1) is 23.6. The third-order valence-corrected chi connectivity index (χ3v) is 6.78. The summed E-state index contributed by atoms with van der Waals surface area (Å²) in [5.41, 5.74) is 5.58. The van der Waals surface area contributed by atoms with E-state index in [1.165, 1.54) is 5.56 Å². The zero-order valence-corrected chi connectivity index (χ0v) is 21.0. The van der Waals surface area contributed by atoms with Gasteiger partial charge in [0.15, 0.2) is 0 Å². The summed E-state index contributed by atoms with van der Waals surface area (Å²) in [4.78, 5) is 19.0. The molecule has 1 amide bonds. The van der Waals surface area contributed by atoms with Gasteiger partial charge in [-0.3, -0.25) is 4.79 Å². The molecule has 1 unspecified atom stereocenters. The maximum atomic E-state index is 14.0. The van der Waals surface area contributed by atoms with E-state index in [1.54, 1.807) is 0 Å². The van der Waals surface area contributed by atoms with Gasteiger partial charge in [0.2, 0.25) is 0 Å². The Bertz CT molecular complexity index is 1510. The predicted octanol–water partition coefficient (Wildman–Crippen LogP) is 7.44. The molecule has 0 aliphatic rings. The normalized spacial score (nSPS) is 12.0. The summed E-state index contributed by atoms with van der Waals surface area (Å²) in [5, 5.41) is 5.60. The van der Waals surface area contributed by atoms with E-state index in [0.29, 0.717) is 17.9 Å². The van der Waals surface area contributed by atoms with Crippen molar-refractivity contribution in [2.24, 2.45) is 0 Å². The lowest BCUT2D eigenvalue weighted by molar-refractivity contribution is 0.0931. The van der Waals surface area contributed by atoms with Crippen LogP contribution in [0.15, 0.2) is 97.1 Å². The van der Waals surface area contributed by atoms with Crippen molar-refractivity contribution in [2.45, 2.75) is 39.8 Å². The lowest BCUT2D eigenvalue weighted by Gasteiger charge is -2.18. The summed E-state index contributed by atoms with van der Waals surface area (Å²) < 4.78 is 2.04. The monoisotopic (exact) mass is 473 g/mol. The Morgan fingerprint density at radius 3 is 2.33 bits per heavy atom. The first-order valence-electron chi connectivity index (χ1n) is 12.6. The molecule has 1 N–H and O–H groups in total. The van der Waals surface area contributed by atoms with Gasteiger partial charge in [-0.15, -0.1) is 0 Å². The molecule has 0 saturated carbocycles. The lowest BCUT2D eigenvalue weighted by Crippen LogP contribution is -2.29. The average Bonchev–Trinajstić information content (AvgIpc) is 3.33. The molecular formula is C32H31N3O. The third-order valence-electron chi connectivity index (χ3n) is 6.78. The third kappa shape index (κ3) is 4.42. The van der Waals surface area contributed by atoms with Crippen LogP contribution in [0.5, 0.6) is 0 Å². The molecule has 1 atom stereocenters. The standard InChI is InChI=1S/C32H31N3O/c1-4-23-13-11-18-26(21-23)29-30(35(5-2)31(34-29)25-15-7-6-8-16-25)32(36)33-22(3)27-20-12-17-24-14-9-10-19-28(24)27/h6-22H,4-5H2,1-3H3,(H,33,36). The molecule has 4 heteroatoms. The van der Waals surface area contributed by atoms with E-state index in [2.05, 4.69) is 55.6 Å². The molecule has 180 valence electrons. The quantitative estimate of drug-likeness (QED) is 0.267. The number of nitrogens with one attached hydrogen (secondary N) is 1. The topological polar surface area (TPSA) is 46.9 Å². The highest BCUT2D eigenvalue weighted by molar-refractivity contribution is 6.00. The van der Waals surface area contributed by atoms with Gasteiger partial charge in [-0.2, -0.15) is 0 Å². The largest absolute Gasteiger partial charge is 0.344 e. The second-order valence-electron chi connectivity index (χ2n) is 9.06. The van der Waals surface area contributed by atoms with Crippen molar-refractivity contribution in [1.29, 1.82) is 0 Å². The maximum absolute atomic E-state index is 14.0. The molecule has 0 fully saturated rings. The van der Waals surface area contributed by atoms with Crippen LogP contribution in [0.1, 0.15) is 48.4 Å². The predicted molar refractivity (Wildman–Crippen MR) is 148 cm³/mol. The van der Waals surface area contributed by atoms with Crippen molar-refractivity contribution in [3.8, 4) is 22.6 Å². The highest BCUT2D eigenvalue weighted by Gasteiger charge is 2.26. The molecule has 1 aromatic heterocycles. The van der Waals surface area contributed by atoms with Crippen molar-refractivity contribution in [2.75, 3.05) is 0 Å². The van der Waals surface area contributed by atoms with Crippen molar-refractivity contribution in [3.05, 3.63) is 114 Å². The minimum Gasteiger partial charge on any atom is -0.344 e. The van der Waals surface area contributed by atoms with Crippen molar-refractivity contribution >= 4 is 16.7 Å². The van der Waals surface area contributed by atoms with Gasteiger partial charge in [0.25, 0.3) is 5.91 Å². The second-order valence-corrected chi connectivity index (χ2v) is 9.06. The van der Waals surface area contributed by atoms with Crippen LogP contribution in [-0.4, -0.2) is 15.5 Å². The molecule has 0 radical (unpaired) electrons. The van der Waals surface area contributed by atoms with Gasteiger partial charge in [0.1, 0.15) is 17.2 Å². The van der Waals surface area contributed by atoms with Crippen molar-refractivity contribution in [1.82, 2.24) is 14.9 Å². The van der Waals surface area contributed by atoms with Crippen LogP contribution >= 0.6 is 0 Å². The summed E-state index contributed by atoms with van der Waals surface area (Å²) in [6.07, 6.45) is 0.924. The van der Waals surface area contributed by atoms with Crippen molar-refractivity contribution in [3.63, 3.8) is 0 Å². The van der Waals surface area contributed by atoms with Crippen LogP contribution in [0.4, 0.5) is 0 Å². The summed E-state index contributed by atoms with van der Waals surface area (Å²) in [7, 11) is 0. The molecule has 0 aliphatic heterocycles. The number of aromatic nitrogens is 2. The smallest absolute Gasteiger partial charge is 0.270 e. The van der Waals surface area contributed by atoms with E-state index in [1.807, 2.05) is 72.2 Å². The highest BCUT2D eigenvalue weighted by atomic mass is 16.2. The Kier molecular flexibility index (Phi) is 6.68. The first-order chi connectivity index (χ1) is 17.6. The van der Waals surface area contributed by atoms with Crippen LogP contribution in [0.25, 0.3) is 33.4 Å². The van der Waals surface area contributed by atoms with Gasteiger partial charge >= 0.3 is 0 Å². The van der Waals surface area contributed by atoms with Gasteiger partial charge in [-0.1, -0.05) is 97.9 Å². The fourth-order valence-corrected chi connectivity index (χ4v) is 4.91. The minimum absolute atomic E-state index is 0.121. The lowest BCUT2D eigenvalue weighted by atomic mass is 9.99. The van der Waals surface area contributed by atoms with Crippen molar-refractivity contribution < 1.29 is 4.79 Å².